The Morgan fingerprint density at radius 2 is 1.70 bits per heavy atom. The molecule has 0 saturated heterocycles. The third-order valence-corrected chi connectivity index (χ3v) is 7.25. The second-order valence-corrected chi connectivity index (χ2v) is 10.6. The highest BCUT2D eigenvalue weighted by atomic mass is 16.5. The number of fused-ring (bicyclic) bond motifs is 1. The van der Waals surface area contributed by atoms with Crippen LogP contribution in [0.3, 0.4) is 0 Å². The molecular weight excluding hydrogens is 558 g/mol. The standard InChI is InChI=1S/C33H37N7O4/c1-22(2)34-12-14-40(27-15-28(43-3)18-29(16-27)44-4)26-9-10-30-31(17-26)37-32(20-35-30)25-19-36-39(21-25)13-11-23-5-7-24(8-6-23)33(41)38-42/h5-10,15-22,34,42H,11-14H2,1-4H3,(H,38,41). The number of amides is 1. The lowest BCUT2D eigenvalue weighted by atomic mass is 10.1. The molecule has 5 rings (SSSR count). The van der Waals surface area contributed by atoms with Crippen molar-refractivity contribution in [3.8, 4) is 22.8 Å². The van der Waals surface area contributed by atoms with Gasteiger partial charge in [0.2, 0.25) is 0 Å². The first kappa shape index (κ1) is 30.5. The molecule has 11 heteroatoms. The van der Waals surface area contributed by atoms with Crippen LogP contribution < -0.4 is 25.2 Å². The Morgan fingerprint density at radius 1 is 0.955 bits per heavy atom. The zero-order valence-electron chi connectivity index (χ0n) is 25.3. The molecule has 3 aromatic carbocycles. The van der Waals surface area contributed by atoms with Gasteiger partial charge in [-0.15, -0.1) is 0 Å². The van der Waals surface area contributed by atoms with Gasteiger partial charge >= 0.3 is 0 Å². The molecule has 228 valence electrons. The summed E-state index contributed by atoms with van der Waals surface area (Å²) in [5.74, 6) is 0.896. The van der Waals surface area contributed by atoms with Gasteiger partial charge in [0, 0.05) is 72.6 Å². The second-order valence-electron chi connectivity index (χ2n) is 10.6. The van der Waals surface area contributed by atoms with Crippen LogP contribution in [0.1, 0.15) is 29.8 Å². The number of aromatic nitrogens is 4. The number of ether oxygens (including phenoxy) is 2. The lowest BCUT2D eigenvalue weighted by molar-refractivity contribution is 0.0706. The number of methoxy groups -OCH3 is 2. The van der Waals surface area contributed by atoms with Crippen LogP contribution in [0, 0.1) is 0 Å². The van der Waals surface area contributed by atoms with E-state index in [1.54, 1.807) is 44.2 Å². The Morgan fingerprint density at radius 3 is 2.39 bits per heavy atom. The maximum Gasteiger partial charge on any atom is 0.274 e. The number of rotatable bonds is 13. The first-order chi connectivity index (χ1) is 21.4. The van der Waals surface area contributed by atoms with Crippen molar-refractivity contribution in [3.63, 3.8) is 0 Å². The number of anilines is 2. The maximum atomic E-state index is 11.6. The summed E-state index contributed by atoms with van der Waals surface area (Å²) in [6.07, 6.45) is 6.25. The minimum atomic E-state index is -0.534. The van der Waals surface area contributed by atoms with Gasteiger partial charge in [0.05, 0.1) is 43.3 Å². The fourth-order valence-electron chi connectivity index (χ4n) is 4.88. The van der Waals surface area contributed by atoms with Crippen molar-refractivity contribution >= 4 is 28.3 Å². The van der Waals surface area contributed by atoms with Crippen LogP contribution in [-0.2, 0) is 13.0 Å². The Labute approximate surface area is 256 Å². The molecule has 0 fully saturated rings. The van der Waals surface area contributed by atoms with Crippen molar-refractivity contribution in [2.45, 2.75) is 32.9 Å². The number of aryl methyl sites for hydroxylation is 2. The van der Waals surface area contributed by atoms with Crippen LogP contribution in [0.4, 0.5) is 11.4 Å². The molecule has 0 bridgehead atoms. The summed E-state index contributed by atoms with van der Waals surface area (Å²) in [6, 6.07) is 19.4. The molecule has 3 N–H and O–H groups in total. The Balaban J connectivity index is 1.38. The SMILES string of the molecule is COc1cc(OC)cc(N(CCNC(C)C)c2ccc3ncc(-c4cnn(CCc5ccc(C(=O)NO)cc5)c4)nc3c2)c1. The average molecular weight is 596 g/mol. The number of hydrogen-bond donors (Lipinski definition) is 3. The molecule has 1 amide bonds. The summed E-state index contributed by atoms with van der Waals surface area (Å²) < 4.78 is 13.0. The normalized spacial score (nSPS) is 11.1. The van der Waals surface area contributed by atoms with Gasteiger partial charge < -0.3 is 19.7 Å². The predicted molar refractivity (Wildman–Crippen MR) is 170 cm³/mol. The molecule has 0 aliphatic heterocycles. The van der Waals surface area contributed by atoms with Crippen molar-refractivity contribution in [2.75, 3.05) is 32.2 Å². The van der Waals surface area contributed by atoms with E-state index in [4.69, 9.17) is 19.7 Å². The van der Waals surface area contributed by atoms with Crippen LogP contribution in [-0.4, -0.2) is 64.2 Å². The largest absolute Gasteiger partial charge is 0.497 e. The summed E-state index contributed by atoms with van der Waals surface area (Å²) in [4.78, 5) is 23.4. The lowest BCUT2D eigenvalue weighted by Crippen LogP contribution is -2.32. The molecule has 0 saturated carbocycles. The first-order valence-corrected chi connectivity index (χ1v) is 14.4. The molecular formula is C33H37N7O4. The van der Waals surface area contributed by atoms with Crippen molar-refractivity contribution < 1.29 is 19.5 Å². The predicted octanol–water partition coefficient (Wildman–Crippen LogP) is 5.01. The second kappa shape index (κ2) is 14.0. The van der Waals surface area contributed by atoms with Crippen LogP contribution in [0.15, 0.2) is 79.3 Å². The van der Waals surface area contributed by atoms with Gasteiger partial charge in [-0.2, -0.15) is 5.10 Å². The summed E-state index contributed by atoms with van der Waals surface area (Å²) in [6.45, 7) is 6.42. The van der Waals surface area contributed by atoms with E-state index in [2.05, 4.69) is 46.3 Å². The van der Waals surface area contributed by atoms with Gasteiger partial charge in [-0.3, -0.25) is 19.7 Å². The molecule has 0 spiro atoms. The van der Waals surface area contributed by atoms with Crippen LogP contribution >= 0.6 is 0 Å². The number of carbonyl (C=O) groups is 1. The molecule has 0 aliphatic carbocycles. The van der Waals surface area contributed by atoms with Crippen molar-refractivity contribution in [1.82, 2.24) is 30.5 Å². The summed E-state index contributed by atoms with van der Waals surface area (Å²) in [5.41, 5.74) is 8.19. The smallest absolute Gasteiger partial charge is 0.274 e. The fraction of sp³-hybridized carbons (Fsp3) is 0.273. The molecule has 0 aliphatic rings. The molecule has 0 radical (unpaired) electrons. The minimum absolute atomic E-state index is 0.364. The number of nitrogens with zero attached hydrogens (tertiary/aromatic N) is 5. The number of benzene rings is 3. The summed E-state index contributed by atoms with van der Waals surface area (Å²) in [7, 11) is 3.30. The Bertz CT molecular complexity index is 1700. The van der Waals surface area contributed by atoms with E-state index in [9.17, 15) is 4.79 Å². The van der Waals surface area contributed by atoms with E-state index in [0.29, 0.717) is 29.6 Å². The van der Waals surface area contributed by atoms with Crippen molar-refractivity contribution in [3.05, 3.63) is 90.4 Å². The van der Waals surface area contributed by atoms with Gasteiger partial charge in [0.15, 0.2) is 0 Å². The summed E-state index contributed by atoms with van der Waals surface area (Å²) >= 11 is 0. The van der Waals surface area contributed by atoms with E-state index >= 15 is 0 Å². The highest BCUT2D eigenvalue weighted by Gasteiger charge is 2.15. The van der Waals surface area contributed by atoms with Crippen LogP contribution in [0.5, 0.6) is 11.5 Å². The highest BCUT2D eigenvalue weighted by Crippen LogP contribution is 2.34. The average Bonchev–Trinajstić information content (AvgIpc) is 3.54. The lowest BCUT2D eigenvalue weighted by Gasteiger charge is -2.27. The maximum absolute atomic E-state index is 11.6. The summed E-state index contributed by atoms with van der Waals surface area (Å²) in [5, 5.41) is 16.8. The molecule has 5 aromatic rings. The van der Waals surface area contributed by atoms with E-state index < -0.39 is 5.91 Å². The zero-order valence-corrected chi connectivity index (χ0v) is 25.3. The Kier molecular flexibility index (Phi) is 9.68. The molecule has 0 atom stereocenters. The van der Waals surface area contributed by atoms with Gasteiger partial charge in [0.1, 0.15) is 11.5 Å². The quantitative estimate of drug-likeness (QED) is 0.127. The number of nitrogens with one attached hydrogen (secondary N) is 2. The minimum Gasteiger partial charge on any atom is -0.497 e. The van der Waals surface area contributed by atoms with E-state index in [0.717, 1.165) is 58.7 Å². The van der Waals surface area contributed by atoms with E-state index in [1.165, 1.54) is 0 Å². The number of carbonyl (C=O) groups excluding carboxylic acids is 1. The van der Waals surface area contributed by atoms with Crippen molar-refractivity contribution in [2.24, 2.45) is 0 Å². The van der Waals surface area contributed by atoms with Gasteiger partial charge in [-0.25, -0.2) is 10.5 Å². The topological polar surface area (TPSA) is 127 Å². The fourth-order valence-corrected chi connectivity index (χ4v) is 4.88. The van der Waals surface area contributed by atoms with E-state index in [1.807, 2.05) is 47.3 Å². The molecule has 44 heavy (non-hydrogen) atoms. The molecule has 2 heterocycles. The van der Waals surface area contributed by atoms with Crippen LogP contribution in [0.25, 0.3) is 22.3 Å². The third kappa shape index (κ3) is 7.31. The Hall–Kier alpha value is -5.00. The number of hydroxylamine groups is 1. The van der Waals surface area contributed by atoms with Gasteiger partial charge in [0.25, 0.3) is 5.91 Å². The molecule has 0 unspecified atom stereocenters. The first-order valence-electron chi connectivity index (χ1n) is 14.4. The van der Waals surface area contributed by atoms with Crippen LogP contribution in [0.2, 0.25) is 0 Å². The monoisotopic (exact) mass is 595 g/mol. The molecule has 2 aromatic heterocycles. The van der Waals surface area contributed by atoms with E-state index in [-0.39, 0.29) is 0 Å². The van der Waals surface area contributed by atoms with Gasteiger partial charge in [-0.1, -0.05) is 26.0 Å². The third-order valence-electron chi connectivity index (χ3n) is 7.25. The van der Waals surface area contributed by atoms with Gasteiger partial charge in [-0.05, 0) is 42.3 Å². The van der Waals surface area contributed by atoms with Crippen molar-refractivity contribution in [1.29, 1.82) is 0 Å². The highest BCUT2D eigenvalue weighted by molar-refractivity contribution is 5.93. The zero-order chi connectivity index (χ0) is 31.1. The molecule has 11 nitrogen and oxygen atoms in total. The number of hydrogen-bond acceptors (Lipinski definition) is 9.